The lowest BCUT2D eigenvalue weighted by Gasteiger charge is -2.26. The second kappa shape index (κ2) is 9.57. The van der Waals surface area contributed by atoms with E-state index in [1.807, 2.05) is 18.2 Å². The SMILES string of the molecule is C=C/C=C(\C=C)C1=CCN(CCCCc2c(N)ccc3c2C=CC(=C)C3)CC1. The van der Waals surface area contributed by atoms with Crippen molar-refractivity contribution in [2.45, 2.75) is 32.1 Å². The van der Waals surface area contributed by atoms with Crippen LogP contribution in [0.5, 0.6) is 0 Å². The number of nitrogens with zero attached hydrogens (tertiary/aromatic N) is 1. The number of allylic oxidation sites excluding steroid dienone is 6. The van der Waals surface area contributed by atoms with Crippen molar-refractivity contribution >= 4 is 11.8 Å². The third-order valence-electron chi connectivity index (χ3n) is 5.72. The quantitative estimate of drug-likeness (QED) is 0.363. The first kappa shape index (κ1) is 20.2. The van der Waals surface area contributed by atoms with Gasteiger partial charge in [-0.15, -0.1) is 0 Å². The third kappa shape index (κ3) is 4.82. The number of nitrogen functional groups attached to an aromatic ring is 1. The Morgan fingerprint density at radius 2 is 2.04 bits per heavy atom. The van der Waals surface area contributed by atoms with Crippen LogP contribution >= 0.6 is 0 Å². The predicted molar refractivity (Wildman–Crippen MR) is 123 cm³/mol. The highest BCUT2D eigenvalue weighted by Crippen LogP contribution is 2.30. The number of fused-ring (bicyclic) bond motifs is 1. The van der Waals surface area contributed by atoms with Gasteiger partial charge in [0.05, 0.1) is 0 Å². The average molecular weight is 373 g/mol. The molecule has 1 aliphatic carbocycles. The molecule has 0 bridgehead atoms. The second-order valence-electron chi connectivity index (χ2n) is 7.67. The fraction of sp³-hybridized carbons (Fsp3) is 0.308. The lowest BCUT2D eigenvalue weighted by Crippen LogP contribution is -2.30. The van der Waals surface area contributed by atoms with Crippen LogP contribution in [-0.2, 0) is 12.8 Å². The van der Waals surface area contributed by atoms with Crippen molar-refractivity contribution in [1.29, 1.82) is 0 Å². The molecular weight excluding hydrogens is 340 g/mol. The number of hydrogen-bond acceptors (Lipinski definition) is 2. The Morgan fingerprint density at radius 3 is 2.75 bits per heavy atom. The monoisotopic (exact) mass is 372 g/mol. The summed E-state index contributed by atoms with van der Waals surface area (Å²) >= 11 is 0. The summed E-state index contributed by atoms with van der Waals surface area (Å²) in [6.45, 7) is 15.1. The van der Waals surface area contributed by atoms with Crippen LogP contribution in [0.2, 0.25) is 0 Å². The first-order valence-corrected chi connectivity index (χ1v) is 10.3. The van der Waals surface area contributed by atoms with Crippen molar-refractivity contribution in [1.82, 2.24) is 4.90 Å². The molecule has 0 radical (unpaired) electrons. The summed E-state index contributed by atoms with van der Waals surface area (Å²) in [6, 6.07) is 4.21. The Labute approximate surface area is 170 Å². The van der Waals surface area contributed by atoms with Crippen LogP contribution in [0.15, 0.2) is 79.0 Å². The molecule has 2 heteroatoms. The van der Waals surface area contributed by atoms with Gasteiger partial charge < -0.3 is 5.73 Å². The molecule has 2 N–H and O–H groups in total. The number of nitrogens with two attached hydrogens (primary N) is 1. The van der Waals surface area contributed by atoms with Gasteiger partial charge in [-0.2, -0.15) is 0 Å². The van der Waals surface area contributed by atoms with Crippen molar-refractivity contribution in [2.24, 2.45) is 0 Å². The summed E-state index contributed by atoms with van der Waals surface area (Å²) in [5.74, 6) is 0. The summed E-state index contributed by atoms with van der Waals surface area (Å²) in [5, 5.41) is 0. The van der Waals surface area contributed by atoms with Crippen molar-refractivity contribution in [2.75, 3.05) is 25.4 Å². The Kier molecular flexibility index (Phi) is 6.89. The zero-order valence-corrected chi connectivity index (χ0v) is 16.9. The Balaban J connectivity index is 1.51. The molecule has 1 aromatic carbocycles. The van der Waals surface area contributed by atoms with Crippen LogP contribution in [0.3, 0.4) is 0 Å². The number of hydrogen-bond donors (Lipinski definition) is 1. The summed E-state index contributed by atoms with van der Waals surface area (Å²) < 4.78 is 0. The van der Waals surface area contributed by atoms with E-state index in [0.29, 0.717) is 0 Å². The van der Waals surface area contributed by atoms with Gasteiger partial charge in [-0.25, -0.2) is 0 Å². The van der Waals surface area contributed by atoms with E-state index in [1.165, 1.54) is 39.8 Å². The molecule has 28 heavy (non-hydrogen) atoms. The summed E-state index contributed by atoms with van der Waals surface area (Å²) in [7, 11) is 0. The minimum atomic E-state index is 0.924. The van der Waals surface area contributed by atoms with Crippen molar-refractivity contribution in [3.05, 3.63) is 95.7 Å². The minimum Gasteiger partial charge on any atom is -0.398 e. The van der Waals surface area contributed by atoms with E-state index in [9.17, 15) is 0 Å². The van der Waals surface area contributed by atoms with Crippen LogP contribution in [0.4, 0.5) is 5.69 Å². The minimum absolute atomic E-state index is 0.924. The van der Waals surface area contributed by atoms with Gasteiger partial charge >= 0.3 is 0 Å². The van der Waals surface area contributed by atoms with E-state index in [1.54, 1.807) is 0 Å². The van der Waals surface area contributed by atoms with Crippen LogP contribution in [0.25, 0.3) is 6.08 Å². The highest BCUT2D eigenvalue weighted by molar-refractivity contribution is 5.70. The molecule has 0 saturated heterocycles. The van der Waals surface area contributed by atoms with E-state index in [0.717, 1.165) is 51.0 Å². The molecule has 0 spiro atoms. The largest absolute Gasteiger partial charge is 0.398 e. The van der Waals surface area contributed by atoms with E-state index in [-0.39, 0.29) is 0 Å². The molecule has 0 saturated carbocycles. The van der Waals surface area contributed by atoms with E-state index in [4.69, 9.17) is 5.73 Å². The Morgan fingerprint density at radius 1 is 1.18 bits per heavy atom. The van der Waals surface area contributed by atoms with Gasteiger partial charge in [0.25, 0.3) is 0 Å². The zero-order chi connectivity index (χ0) is 19.9. The highest BCUT2D eigenvalue weighted by atomic mass is 15.1. The number of anilines is 1. The Bertz CT molecular complexity index is 851. The van der Waals surface area contributed by atoms with Gasteiger partial charge in [-0.3, -0.25) is 4.90 Å². The average Bonchev–Trinajstić information content (AvgIpc) is 2.71. The maximum Gasteiger partial charge on any atom is 0.0352 e. The van der Waals surface area contributed by atoms with Crippen LogP contribution in [0.1, 0.15) is 36.0 Å². The standard InChI is InChI=1S/C26H32N2/c1-4-8-21(5-2)22-14-17-28(18-15-22)16-7-6-9-25-24-12-10-20(3)19-23(24)11-13-26(25)27/h4-5,8,10-14H,1-3,6-7,9,15-19,27H2/b21-8+. The summed E-state index contributed by atoms with van der Waals surface area (Å²) in [4.78, 5) is 2.53. The number of benzene rings is 1. The van der Waals surface area contributed by atoms with Crippen LogP contribution in [0, 0.1) is 0 Å². The smallest absolute Gasteiger partial charge is 0.0352 e. The fourth-order valence-electron chi connectivity index (χ4n) is 4.12. The van der Waals surface area contributed by atoms with E-state index >= 15 is 0 Å². The molecule has 1 heterocycles. The van der Waals surface area contributed by atoms with Gasteiger partial charge in [0.2, 0.25) is 0 Å². The molecule has 0 atom stereocenters. The molecule has 1 aliphatic heterocycles. The topological polar surface area (TPSA) is 29.3 Å². The second-order valence-corrected chi connectivity index (χ2v) is 7.67. The third-order valence-corrected chi connectivity index (χ3v) is 5.72. The molecule has 0 fully saturated rings. The van der Waals surface area contributed by atoms with Crippen LogP contribution < -0.4 is 5.73 Å². The first-order valence-electron chi connectivity index (χ1n) is 10.3. The zero-order valence-electron chi connectivity index (χ0n) is 16.9. The van der Waals surface area contributed by atoms with Gasteiger partial charge in [0.15, 0.2) is 0 Å². The Hall–Kier alpha value is -2.58. The molecule has 3 rings (SSSR count). The maximum absolute atomic E-state index is 6.29. The van der Waals surface area contributed by atoms with Crippen molar-refractivity contribution in [3.8, 4) is 0 Å². The van der Waals surface area contributed by atoms with Gasteiger partial charge in [0, 0.05) is 18.8 Å². The lowest BCUT2D eigenvalue weighted by atomic mass is 9.88. The molecule has 2 nitrogen and oxygen atoms in total. The molecule has 0 aromatic heterocycles. The molecule has 0 unspecified atom stereocenters. The molecule has 0 amide bonds. The highest BCUT2D eigenvalue weighted by Gasteiger charge is 2.15. The number of rotatable bonds is 8. The maximum atomic E-state index is 6.29. The predicted octanol–water partition coefficient (Wildman–Crippen LogP) is 5.65. The molecule has 146 valence electrons. The van der Waals surface area contributed by atoms with E-state index < -0.39 is 0 Å². The van der Waals surface area contributed by atoms with E-state index in [2.05, 4.69) is 55.0 Å². The van der Waals surface area contributed by atoms with Gasteiger partial charge in [-0.1, -0.05) is 67.8 Å². The molecule has 1 aromatic rings. The molecular formula is C26H32N2. The van der Waals surface area contributed by atoms with Crippen LogP contribution in [-0.4, -0.2) is 24.5 Å². The lowest BCUT2D eigenvalue weighted by molar-refractivity contribution is 0.288. The molecule has 2 aliphatic rings. The summed E-state index contributed by atoms with van der Waals surface area (Å²) in [6.07, 6.45) is 17.9. The van der Waals surface area contributed by atoms with Gasteiger partial charge in [-0.05, 0) is 72.6 Å². The van der Waals surface area contributed by atoms with Crippen molar-refractivity contribution in [3.63, 3.8) is 0 Å². The summed E-state index contributed by atoms with van der Waals surface area (Å²) in [5.41, 5.74) is 15.0. The van der Waals surface area contributed by atoms with Gasteiger partial charge in [0.1, 0.15) is 0 Å². The van der Waals surface area contributed by atoms with Crippen molar-refractivity contribution < 1.29 is 0 Å². The normalized spacial score (nSPS) is 17.2. The number of unbranched alkanes of at least 4 members (excludes halogenated alkanes) is 1. The first-order chi connectivity index (χ1) is 13.6. The fourth-order valence-corrected chi connectivity index (χ4v) is 4.12.